The van der Waals surface area contributed by atoms with Gasteiger partial charge in [0.1, 0.15) is 0 Å². The lowest BCUT2D eigenvalue weighted by molar-refractivity contribution is -0.137. The van der Waals surface area contributed by atoms with Crippen molar-refractivity contribution < 1.29 is 33.0 Å². The molecule has 7 nitrogen and oxygen atoms in total. The number of carbonyl (C=O) groups is 2. The van der Waals surface area contributed by atoms with Gasteiger partial charge in [0, 0.05) is 24.7 Å². The van der Waals surface area contributed by atoms with Gasteiger partial charge in [-0.2, -0.15) is 13.2 Å². The van der Waals surface area contributed by atoms with Gasteiger partial charge in [-0.3, -0.25) is 14.5 Å². The van der Waals surface area contributed by atoms with Crippen LogP contribution in [-0.4, -0.2) is 64.7 Å². The Morgan fingerprint density at radius 1 is 1.03 bits per heavy atom. The van der Waals surface area contributed by atoms with Gasteiger partial charge >= 0.3 is 6.18 Å². The second-order valence-electron chi connectivity index (χ2n) is 9.59. The summed E-state index contributed by atoms with van der Waals surface area (Å²) in [6, 6.07) is 13.2. The van der Waals surface area contributed by atoms with E-state index in [-0.39, 0.29) is 11.6 Å². The van der Waals surface area contributed by atoms with Gasteiger partial charge in [-0.1, -0.05) is 36.4 Å². The molecule has 36 heavy (non-hydrogen) atoms. The van der Waals surface area contributed by atoms with Crippen LogP contribution in [0.2, 0.25) is 0 Å². The van der Waals surface area contributed by atoms with Crippen LogP contribution in [0.15, 0.2) is 54.6 Å². The van der Waals surface area contributed by atoms with Crippen LogP contribution < -0.4 is 10.6 Å². The molecule has 2 atom stereocenters. The Kier molecular flexibility index (Phi) is 7.67. The molecule has 0 aromatic heterocycles. The SMILES string of the molecule is O=C(CNC(=O)c1cccc(C(F)(F)F)c1)N[C@H]1CN(C2CCC(O)(c3ccccc3)CC2)CC1O. The van der Waals surface area contributed by atoms with E-state index in [2.05, 4.69) is 15.5 Å². The highest BCUT2D eigenvalue weighted by Gasteiger charge is 2.41. The molecule has 2 aliphatic rings. The molecule has 4 N–H and O–H groups in total. The van der Waals surface area contributed by atoms with Crippen LogP contribution in [0, 0.1) is 0 Å². The van der Waals surface area contributed by atoms with Crippen LogP contribution in [0.1, 0.15) is 47.2 Å². The van der Waals surface area contributed by atoms with E-state index in [4.69, 9.17) is 0 Å². The Bertz CT molecular complexity index is 1070. The number of halogens is 3. The lowest BCUT2D eigenvalue weighted by Crippen LogP contribution is -2.47. The maximum atomic E-state index is 12.9. The molecular weight excluding hydrogens is 475 g/mol. The standard InChI is InChI=1S/C26H30F3N3O4/c27-26(28,29)19-8-4-5-17(13-19)24(35)30-14-23(34)31-21-15-32(16-22(21)33)20-9-11-25(36,12-10-20)18-6-2-1-3-7-18/h1-8,13,20-22,33,36H,9-12,14-16H2,(H,30,35)(H,31,34)/t20?,21-,22?,25?/m0/s1. The van der Waals surface area contributed by atoms with Crippen LogP contribution in [0.4, 0.5) is 13.2 Å². The highest BCUT2D eigenvalue weighted by atomic mass is 19.4. The average Bonchev–Trinajstić information content (AvgIpc) is 3.22. The fraction of sp³-hybridized carbons (Fsp3) is 0.462. The van der Waals surface area contributed by atoms with Gasteiger partial charge < -0.3 is 20.8 Å². The molecule has 4 rings (SSSR count). The van der Waals surface area contributed by atoms with Crippen molar-refractivity contribution in [2.75, 3.05) is 19.6 Å². The smallest absolute Gasteiger partial charge is 0.390 e. The molecule has 2 aromatic rings. The minimum absolute atomic E-state index is 0.172. The number of likely N-dealkylation sites (tertiary alicyclic amines) is 1. The molecule has 10 heteroatoms. The minimum atomic E-state index is -4.57. The first kappa shape index (κ1) is 26.1. The van der Waals surface area contributed by atoms with Crippen LogP contribution in [0.25, 0.3) is 0 Å². The van der Waals surface area contributed by atoms with Gasteiger partial charge in [0.25, 0.3) is 5.91 Å². The maximum Gasteiger partial charge on any atom is 0.416 e. The van der Waals surface area contributed by atoms with Gasteiger partial charge in [-0.15, -0.1) is 0 Å². The van der Waals surface area contributed by atoms with Gasteiger partial charge in [0.2, 0.25) is 5.91 Å². The lowest BCUT2D eigenvalue weighted by Gasteiger charge is -2.40. The Morgan fingerprint density at radius 2 is 1.72 bits per heavy atom. The number of hydrogen-bond donors (Lipinski definition) is 4. The van der Waals surface area contributed by atoms with E-state index in [1.807, 2.05) is 30.3 Å². The fourth-order valence-electron chi connectivity index (χ4n) is 5.10. The summed E-state index contributed by atoms with van der Waals surface area (Å²) in [5.74, 6) is -1.33. The van der Waals surface area contributed by atoms with E-state index >= 15 is 0 Å². The van der Waals surface area contributed by atoms with Crippen molar-refractivity contribution in [1.29, 1.82) is 0 Å². The summed E-state index contributed by atoms with van der Waals surface area (Å²) in [6.07, 6.45) is -2.64. The van der Waals surface area contributed by atoms with E-state index in [1.165, 1.54) is 6.07 Å². The molecule has 1 unspecified atom stereocenters. The number of aliphatic hydroxyl groups excluding tert-OH is 1. The highest BCUT2D eigenvalue weighted by Crippen LogP contribution is 2.39. The second-order valence-corrected chi connectivity index (χ2v) is 9.59. The van der Waals surface area contributed by atoms with Gasteiger partial charge in [0.15, 0.2) is 0 Å². The molecule has 0 bridgehead atoms. The molecule has 1 aliphatic heterocycles. The molecule has 0 spiro atoms. The zero-order valence-electron chi connectivity index (χ0n) is 19.7. The van der Waals surface area contributed by atoms with Crippen molar-refractivity contribution in [1.82, 2.24) is 15.5 Å². The number of hydrogen-bond acceptors (Lipinski definition) is 5. The Morgan fingerprint density at radius 3 is 2.39 bits per heavy atom. The topological polar surface area (TPSA) is 102 Å². The predicted octanol–water partition coefficient (Wildman–Crippen LogP) is 2.43. The molecule has 1 saturated heterocycles. The predicted molar refractivity (Wildman–Crippen MR) is 126 cm³/mol. The van der Waals surface area contributed by atoms with Crippen LogP contribution in [0.5, 0.6) is 0 Å². The maximum absolute atomic E-state index is 12.9. The Labute approximate surface area is 207 Å². The van der Waals surface area contributed by atoms with Crippen molar-refractivity contribution in [3.63, 3.8) is 0 Å². The summed E-state index contributed by atoms with van der Waals surface area (Å²) in [4.78, 5) is 26.7. The fourth-order valence-corrected chi connectivity index (χ4v) is 5.10. The molecule has 0 radical (unpaired) electrons. The summed E-state index contributed by atoms with van der Waals surface area (Å²) in [7, 11) is 0. The number of amides is 2. The van der Waals surface area contributed by atoms with Crippen molar-refractivity contribution in [3.8, 4) is 0 Å². The number of β-amino-alcohol motifs (C(OH)–C–C–N with tert-alkyl or cyclic N) is 1. The van der Waals surface area contributed by atoms with E-state index in [1.54, 1.807) is 0 Å². The first-order valence-electron chi connectivity index (χ1n) is 12.0. The molecule has 2 amide bonds. The monoisotopic (exact) mass is 505 g/mol. The highest BCUT2D eigenvalue weighted by molar-refractivity contribution is 5.96. The third-order valence-electron chi connectivity index (χ3n) is 7.14. The molecule has 1 heterocycles. The first-order chi connectivity index (χ1) is 17.0. The zero-order chi connectivity index (χ0) is 25.9. The van der Waals surface area contributed by atoms with Crippen molar-refractivity contribution in [2.24, 2.45) is 0 Å². The summed E-state index contributed by atoms with van der Waals surface area (Å²) >= 11 is 0. The number of benzene rings is 2. The van der Waals surface area contributed by atoms with E-state index in [0.717, 1.165) is 36.6 Å². The van der Waals surface area contributed by atoms with Crippen molar-refractivity contribution >= 4 is 11.8 Å². The Balaban J connectivity index is 1.25. The van der Waals surface area contributed by atoms with Crippen LogP contribution >= 0.6 is 0 Å². The second kappa shape index (κ2) is 10.6. The third-order valence-corrected chi connectivity index (χ3v) is 7.14. The quantitative estimate of drug-likeness (QED) is 0.483. The van der Waals surface area contributed by atoms with E-state index < -0.39 is 47.8 Å². The number of rotatable bonds is 6. The average molecular weight is 506 g/mol. The number of alkyl halides is 3. The molecular formula is C26H30F3N3O4. The van der Waals surface area contributed by atoms with Crippen LogP contribution in [-0.2, 0) is 16.6 Å². The Hall–Kier alpha value is -2.95. The zero-order valence-corrected chi connectivity index (χ0v) is 19.7. The van der Waals surface area contributed by atoms with E-state index in [9.17, 15) is 33.0 Å². The molecule has 1 aliphatic carbocycles. The van der Waals surface area contributed by atoms with Crippen molar-refractivity contribution in [3.05, 3.63) is 71.3 Å². The third kappa shape index (κ3) is 6.05. The summed E-state index contributed by atoms with van der Waals surface area (Å²) in [5, 5.41) is 26.6. The molecule has 1 saturated carbocycles. The number of carbonyl (C=O) groups excluding carboxylic acids is 2. The van der Waals surface area contributed by atoms with Crippen LogP contribution in [0.3, 0.4) is 0 Å². The van der Waals surface area contributed by atoms with Gasteiger partial charge in [-0.05, 0) is 49.4 Å². The van der Waals surface area contributed by atoms with Gasteiger partial charge in [-0.25, -0.2) is 0 Å². The number of aliphatic hydroxyl groups is 2. The van der Waals surface area contributed by atoms with E-state index in [0.29, 0.717) is 25.9 Å². The molecule has 2 aromatic carbocycles. The van der Waals surface area contributed by atoms with Gasteiger partial charge in [0.05, 0.1) is 29.9 Å². The number of nitrogens with one attached hydrogen (secondary N) is 2. The summed E-state index contributed by atoms with van der Waals surface area (Å²) < 4.78 is 38.6. The first-order valence-corrected chi connectivity index (χ1v) is 12.0. The minimum Gasteiger partial charge on any atom is -0.390 e. The largest absolute Gasteiger partial charge is 0.416 e. The number of nitrogens with zero attached hydrogens (tertiary/aromatic N) is 1. The summed E-state index contributed by atoms with van der Waals surface area (Å²) in [6.45, 7) is 0.394. The normalized spacial score (nSPS) is 27.0. The van der Waals surface area contributed by atoms with Crippen molar-refractivity contribution in [2.45, 2.75) is 55.6 Å². The molecule has 2 fully saturated rings. The molecule has 194 valence electrons. The summed E-state index contributed by atoms with van der Waals surface area (Å²) in [5.41, 5.74) is -1.10. The lowest BCUT2D eigenvalue weighted by atomic mass is 9.77.